The molecule has 5 nitrogen and oxygen atoms in total. The molecule has 0 amide bonds. The van der Waals surface area contributed by atoms with Crippen LogP contribution in [0.25, 0.3) is 10.4 Å². The fraction of sp³-hybridized carbons (Fsp3) is 0.231. The molecule has 0 radical (unpaired) electrons. The Kier molecular flexibility index (Phi) is 4.72. The van der Waals surface area contributed by atoms with Crippen LogP contribution in [0.4, 0.5) is 5.69 Å². The van der Waals surface area contributed by atoms with Crippen LogP contribution in [0.15, 0.2) is 30.3 Å². The standard InChI is InChI=1S/C13H12ClNO4S/c1-18-13(19-2)12-6-5-11(20-12)9-7-8(15(16)17)3-4-10(9)14/h3-7,13H,1-2H3. The number of nitro benzene ring substituents is 1. The highest BCUT2D eigenvalue weighted by atomic mass is 35.5. The largest absolute Gasteiger partial charge is 0.351 e. The van der Waals surface area contributed by atoms with Gasteiger partial charge in [-0.05, 0) is 18.2 Å². The van der Waals surface area contributed by atoms with E-state index in [9.17, 15) is 10.1 Å². The van der Waals surface area contributed by atoms with Gasteiger partial charge in [-0.1, -0.05) is 11.6 Å². The maximum absolute atomic E-state index is 10.8. The van der Waals surface area contributed by atoms with E-state index in [2.05, 4.69) is 0 Å². The van der Waals surface area contributed by atoms with Gasteiger partial charge in [0.15, 0.2) is 6.29 Å². The molecule has 106 valence electrons. The molecule has 0 fully saturated rings. The number of nitro groups is 1. The highest BCUT2D eigenvalue weighted by molar-refractivity contribution is 7.15. The van der Waals surface area contributed by atoms with Gasteiger partial charge in [0.05, 0.1) is 9.80 Å². The van der Waals surface area contributed by atoms with Crippen molar-refractivity contribution in [3.8, 4) is 10.4 Å². The van der Waals surface area contributed by atoms with Gasteiger partial charge in [-0.3, -0.25) is 10.1 Å². The summed E-state index contributed by atoms with van der Waals surface area (Å²) in [5.74, 6) is 0. The molecule has 0 saturated carbocycles. The Bertz CT molecular complexity index is 625. The zero-order valence-electron chi connectivity index (χ0n) is 10.8. The normalized spacial score (nSPS) is 11.0. The Morgan fingerprint density at radius 2 is 1.95 bits per heavy atom. The number of hydrogen-bond donors (Lipinski definition) is 0. The van der Waals surface area contributed by atoms with Crippen molar-refractivity contribution in [3.05, 3.63) is 50.3 Å². The summed E-state index contributed by atoms with van der Waals surface area (Å²) in [6.07, 6.45) is -0.453. The molecule has 0 unspecified atom stereocenters. The van der Waals surface area contributed by atoms with Crippen LogP contribution in [-0.4, -0.2) is 19.1 Å². The van der Waals surface area contributed by atoms with Crippen molar-refractivity contribution in [3.63, 3.8) is 0 Å². The summed E-state index contributed by atoms with van der Waals surface area (Å²) in [5, 5.41) is 11.3. The van der Waals surface area contributed by atoms with Crippen LogP contribution in [0.5, 0.6) is 0 Å². The molecule has 0 spiro atoms. The predicted molar refractivity (Wildman–Crippen MR) is 78.2 cm³/mol. The van der Waals surface area contributed by atoms with Crippen molar-refractivity contribution in [2.45, 2.75) is 6.29 Å². The lowest BCUT2D eigenvalue weighted by molar-refractivity contribution is -0.384. The molecular weight excluding hydrogens is 302 g/mol. The molecule has 0 atom stereocenters. The lowest BCUT2D eigenvalue weighted by Crippen LogP contribution is -2.00. The van der Waals surface area contributed by atoms with E-state index in [1.165, 1.54) is 29.5 Å². The third-order valence-corrected chi connectivity index (χ3v) is 4.18. The summed E-state index contributed by atoms with van der Waals surface area (Å²) < 4.78 is 10.3. The zero-order chi connectivity index (χ0) is 14.7. The zero-order valence-corrected chi connectivity index (χ0v) is 12.4. The maximum atomic E-state index is 10.8. The van der Waals surface area contributed by atoms with Crippen LogP contribution in [0, 0.1) is 10.1 Å². The number of non-ortho nitro benzene ring substituents is 1. The van der Waals surface area contributed by atoms with E-state index in [0.29, 0.717) is 10.6 Å². The minimum absolute atomic E-state index is 0.00869. The number of hydrogen-bond acceptors (Lipinski definition) is 5. The lowest BCUT2D eigenvalue weighted by atomic mass is 10.1. The Morgan fingerprint density at radius 3 is 2.55 bits per heavy atom. The van der Waals surface area contributed by atoms with Gasteiger partial charge in [-0.2, -0.15) is 0 Å². The molecule has 1 aromatic carbocycles. The summed E-state index contributed by atoms with van der Waals surface area (Å²) in [5.41, 5.74) is 0.637. The average Bonchev–Trinajstić information content (AvgIpc) is 2.90. The van der Waals surface area contributed by atoms with Gasteiger partial charge in [-0.25, -0.2) is 0 Å². The molecular formula is C13H12ClNO4S. The number of methoxy groups -OCH3 is 2. The van der Waals surface area contributed by atoms with Gasteiger partial charge in [0.25, 0.3) is 5.69 Å². The number of benzene rings is 1. The highest BCUT2D eigenvalue weighted by Crippen LogP contribution is 2.38. The first-order valence-electron chi connectivity index (χ1n) is 5.66. The van der Waals surface area contributed by atoms with E-state index < -0.39 is 11.2 Å². The molecule has 1 heterocycles. The number of thiophene rings is 1. The van der Waals surface area contributed by atoms with Gasteiger partial charge in [0.2, 0.25) is 0 Å². The van der Waals surface area contributed by atoms with E-state index in [0.717, 1.165) is 9.75 Å². The van der Waals surface area contributed by atoms with Crippen molar-refractivity contribution >= 4 is 28.6 Å². The Balaban J connectivity index is 2.41. The third-order valence-electron chi connectivity index (χ3n) is 2.71. The summed E-state index contributed by atoms with van der Waals surface area (Å²) in [4.78, 5) is 12.1. The van der Waals surface area contributed by atoms with Crippen LogP contribution in [0.3, 0.4) is 0 Å². The fourth-order valence-electron chi connectivity index (χ4n) is 1.77. The van der Waals surface area contributed by atoms with Crippen LogP contribution in [0.1, 0.15) is 11.2 Å². The molecule has 0 saturated heterocycles. The van der Waals surface area contributed by atoms with E-state index >= 15 is 0 Å². The number of nitrogens with zero attached hydrogens (tertiary/aromatic N) is 1. The number of halogens is 1. The SMILES string of the molecule is COC(OC)c1ccc(-c2cc([N+](=O)[O-])ccc2Cl)s1. The predicted octanol–water partition coefficient (Wildman–Crippen LogP) is 4.27. The van der Waals surface area contributed by atoms with Gasteiger partial charge in [0.1, 0.15) is 0 Å². The van der Waals surface area contributed by atoms with Gasteiger partial charge >= 0.3 is 0 Å². The summed E-state index contributed by atoms with van der Waals surface area (Å²) in [7, 11) is 3.10. The first-order valence-corrected chi connectivity index (χ1v) is 6.86. The molecule has 20 heavy (non-hydrogen) atoms. The Labute approximate surface area is 124 Å². The maximum Gasteiger partial charge on any atom is 0.270 e. The molecule has 0 N–H and O–H groups in total. The highest BCUT2D eigenvalue weighted by Gasteiger charge is 2.16. The van der Waals surface area contributed by atoms with Crippen LogP contribution >= 0.6 is 22.9 Å². The van der Waals surface area contributed by atoms with Crippen molar-refractivity contribution in [2.75, 3.05) is 14.2 Å². The monoisotopic (exact) mass is 313 g/mol. The Morgan fingerprint density at radius 1 is 1.25 bits per heavy atom. The molecule has 0 aliphatic rings. The van der Waals surface area contributed by atoms with Crippen molar-refractivity contribution in [1.29, 1.82) is 0 Å². The quantitative estimate of drug-likeness (QED) is 0.470. The number of rotatable bonds is 5. The second-order valence-electron chi connectivity index (χ2n) is 3.93. The lowest BCUT2D eigenvalue weighted by Gasteiger charge is -2.10. The van der Waals surface area contributed by atoms with Gasteiger partial charge < -0.3 is 9.47 Å². The molecule has 7 heteroatoms. The number of ether oxygens (including phenoxy) is 2. The second kappa shape index (κ2) is 6.32. The smallest absolute Gasteiger partial charge is 0.270 e. The topological polar surface area (TPSA) is 61.6 Å². The molecule has 0 bridgehead atoms. The summed E-state index contributed by atoms with van der Waals surface area (Å²) in [6, 6.07) is 8.07. The fourth-order valence-corrected chi connectivity index (χ4v) is 3.14. The third kappa shape index (κ3) is 2.99. The molecule has 2 aromatic rings. The molecule has 1 aromatic heterocycles. The van der Waals surface area contributed by atoms with Crippen LogP contribution in [0.2, 0.25) is 5.02 Å². The minimum atomic E-state index is -0.453. The molecule has 0 aliphatic carbocycles. The van der Waals surface area contributed by atoms with Crippen molar-refractivity contribution in [1.82, 2.24) is 0 Å². The van der Waals surface area contributed by atoms with E-state index in [1.807, 2.05) is 12.1 Å². The molecule has 0 aliphatic heterocycles. The van der Waals surface area contributed by atoms with Crippen LogP contribution in [-0.2, 0) is 9.47 Å². The van der Waals surface area contributed by atoms with Gasteiger partial charge in [0, 0.05) is 41.8 Å². The van der Waals surface area contributed by atoms with Gasteiger partial charge in [-0.15, -0.1) is 11.3 Å². The Hall–Kier alpha value is -1.47. The van der Waals surface area contributed by atoms with Crippen LogP contribution < -0.4 is 0 Å². The summed E-state index contributed by atoms with van der Waals surface area (Å²) >= 11 is 7.53. The van der Waals surface area contributed by atoms with E-state index in [4.69, 9.17) is 21.1 Å². The molecule has 2 rings (SSSR count). The van der Waals surface area contributed by atoms with E-state index in [1.54, 1.807) is 14.2 Å². The summed E-state index contributed by atoms with van der Waals surface area (Å²) in [6.45, 7) is 0. The first-order chi connectivity index (χ1) is 9.56. The second-order valence-corrected chi connectivity index (χ2v) is 5.45. The van der Waals surface area contributed by atoms with Crippen molar-refractivity contribution in [2.24, 2.45) is 0 Å². The minimum Gasteiger partial charge on any atom is -0.351 e. The van der Waals surface area contributed by atoms with Crippen molar-refractivity contribution < 1.29 is 14.4 Å². The van der Waals surface area contributed by atoms with E-state index in [-0.39, 0.29) is 5.69 Å². The average molecular weight is 314 g/mol. The first kappa shape index (κ1) is 14.9.